The van der Waals surface area contributed by atoms with Crippen LogP contribution in [-0.4, -0.2) is 41.3 Å². The van der Waals surface area contributed by atoms with E-state index in [-0.39, 0.29) is 11.6 Å². The van der Waals surface area contributed by atoms with E-state index in [1.54, 1.807) is 0 Å². The first-order valence-corrected chi connectivity index (χ1v) is 7.05. The lowest BCUT2D eigenvalue weighted by Gasteiger charge is -2.41. The summed E-state index contributed by atoms with van der Waals surface area (Å²) in [6, 6.07) is 0.573. The average molecular weight is 254 g/mol. The molecule has 2 fully saturated rings. The summed E-state index contributed by atoms with van der Waals surface area (Å²) < 4.78 is 5.47. The zero-order valence-corrected chi connectivity index (χ0v) is 12.1. The molecule has 2 saturated heterocycles. The zero-order chi connectivity index (χ0) is 13.4. The minimum atomic E-state index is -0.405. The first-order chi connectivity index (χ1) is 8.30. The number of hydrogen-bond donors (Lipinski definition) is 1. The van der Waals surface area contributed by atoms with E-state index in [0.717, 1.165) is 19.5 Å². The number of carbonyl (C=O) groups excluding carboxylic acids is 1. The molecule has 2 heterocycles. The Labute approximate surface area is 110 Å². The number of rotatable bonds is 0. The van der Waals surface area contributed by atoms with Gasteiger partial charge in [-0.2, -0.15) is 0 Å². The van der Waals surface area contributed by atoms with Crippen LogP contribution in [0.25, 0.3) is 0 Å². The molecular formula is C14H26N2O2. The molecule has 2 rings (SSSR count). The summed E-state index contributed by atoms with van der Waals surface area (Å²) in [4.78, 5) is 14.0. The predicted molar refractivity (Wildman–Crippen MR) is 71.6 cm³/mol. The number of carbonyl (C=O) groups is 1. The second kappa shape index (κ2) is 4.72. The summed E-state index contributed by atoms with van der Waals surface area (Å²) in [6.45, 7) is 9.60. The first kappa shape index (κ1) is 13.7. The molecule has 0 aromatic heterocycles. The molecule has 0 radical (unpaired) electrons. The van der Waals surface area contributed by atoms with Crippen molar-refractivity contribution in [1.29, 1.82) is 0 Å². The van der Waals surface area contributed by atoms with Crippen LogP contribution in [0.4, 0.5) is 4.79 Å². The van der Waals surface area contributed by atoms with Gasteiger partial charge in [-0.05, 0) is 53.4 Å². The maximum absolute atomic E-state index is 12.1. The number of hydrogen-bond acceptors (Lipinski definition) is 3. The minimum Gasteiger partial charge on any atom is -0.444 e. The molecule has 0 saturated carbocycles. The van der Waals surface area contributed by atoms with Crippen LogP contribution in [0, 0.1) is 0 Å². The second-order valence-corrected chi connectivity index (χ2v) is 6.87. The van der Waals surface area contributed by atoms with Crippen molar-refractivity contribution in [1.82, 2.24) is 10.2 Å². The second-order valence-electron chi connectivity index (χ2n) is 6.87. The van der Waals surface area contributed by atoms with Crippen molar-refractivity contribution in [3.8, 4) is 0 Å². The van der Waals surface area contributed by atoms with Crippen LogP contribution in [0.3, 0.4) is 0 Å². The van der Waals surface area contributed by atoms with E-state index in [0.29, 0.717) is 6.04 Å². The van der Waals surface area contributed by atoms with Crippen LogP contribution in [0.5, 0.6) is 0 Å². The number of nitrogens with one attached hydrogen (secondary N) is 1. The highest BCUT2D eigenvalue weighted by molar-refractivity contribution is 5.68. The molecule has 0 aromatic rings. The summed E-state index contributed by atoms with van der Waals surface area (Å²) in [7, 11) is 0. The molecule has 2 unspecified atom stereocenters. The van der Waals surface area contributed by atoms with Gasteiger partial charge in [0.05, 0.1) is 0 Å². The Kier molecular flexibility index (Phi) is 3.58. The molecule has 1 spiro atoms. The van der Waals surface area contributed by atoms with Gasteiger partial charge in [0, 0.05) is 24.7 Å². The van der Waals surface area contributed by atoms with Gasteiger partial charge in [0.1, 0.15) is 5.60 Å². The van der Waals surface area contributed by atoms with Crippen molar-refractivity contribution in [2.24, 2.45) is 0 Å². The van der Waals surface area contributed by atoms with Gasteiger partial charge < -0.3 is 15.0 Å². The molecule has 18 heavy (non-hydrogen) atoms. The Morgan fingerprint density at radius 1 is 1.39 bits per heavy atom. The van der Waals surface area contributed by atoms with Crippen molar-refractivity contribution in [3.05, 3.63) is 0 Å². The quantitative estimate of drug-likeness (QED) is 0.722. The highest BCUT2D eigenvalue weighted by Gasteiger charge is 2.42. The molecule has 1 amide bonds. The number of piperidine rings is 1. The fraction of sp³-hybridized carbons (Fsp3) is 0.929. The van der Waals surface area contributed by atoms with Gasteiger partial charge in [0.15, 0.2) is 0 Å². The van der Waals surface area contributed by atoms with E-state index in [1.807, 2.05) is 25.7 Å². The summed E-state index contributed by atoms with van der Waals surface area (Å²) in [6.07, 6.45) is 4.47. The van der Waals surface area contributed by atoms with Crippen molar-refractivity contribution >= 4 is 6.09 Å². The summed E-state index contributed by atoms with van der Waals surface area (Å²) in [5.41, 5.74) is -0.257. The van der Waals surface area contributed by atoms with Crippen molar-refractivity contribution in [2.45, 2.75) is 70.6 Å². The van der Waals surface area contributed by atoms with Crippen molar-refractivity contribution in [3.63, 3.8) is 0 Å². The highest BCUT2D eigenvalue weighted by atomic mass is 16.6. The normalized spacial score (nSPS) is 32.9. The SMILES string of the molecule is CC1CCC2(CCCN(C(=O)OC(C)(C)C)C2)N1. The Hall–Kier alpha value is -0.770. The van der Waals surface area contributed by atoms with E-state index in [9.17, 15) is 4.79 Å². The van der Waals surface area contributed by atoms with Crippen molar-refractivity contribution in [2.75, 3.05) is 13.1 Å². The van der Waals surface area contributed by atoms with Gasteiger partial charge in [0.25, 0.3) is 0 Å². The van der Waals surface area contributed by atoms with Gasteiger partial charge in [-0.3, -0.25) is 0 Å². The van der Waals surface area contributed by atoms with E-state index in [1.165, 1.54) is 19.3 Å². The standard InChI is InChI=1S/C14H26N2O2/c1-11-6-8-14(15-11)7-5-9-16(10-14)12(17)18-13(2,3)4/h11,15H,5-10H2,1-4H3. The van der Waals surface area contributed by atoms with Gasteiger partial charge in [-0.1, -0.05) is 0 Å². The topological polar surface area (TPSA) is 41.6 Å². The Morgan fingerprint density at radius 2 is 2.11 bits per heavy atom. The third-order valence-corrected chi connectivity index (χ3v) is 3.84. The van der Waals surface area contributed by atoms with Crippen molar-refractivity contribution < 1.29 is 9.53 Å². The van der Waals surface area contributed by atoms with E-state index in [4.69, 9.17) is 4.74 Å². The molecule has 0 bridgehead atoms. The first-order valence-electron chi connectivity index (χ1n) is 7.05. The molecule has 0 aromatic carbocycles. The van der Waals surface area contributed by atoms with Crippen LogP contribution >= 0.6 is 0 Å². The maximum Gasteiger partial charge on any atom is 0.410 e. The molecule has 2 aliphatic rings. The van der Waals surface area contributed by atoms with Crippen LogP contribution in [0.15, 0.2) is 0 Å². The summed E-state index contributed by atoms with van der Waals surface area (Å²) >= 11 is 0. The van der Waals surface area contributed by atoms with Gasteiger partial charge in [-0.15, -0.1) is 0 Å². The third kappa shape index (κ3) is 3.16. The summed E-state index contributed by atoms with van der Waals surface area (Å²) in [5.74, 6) is 0. The predicted octanol–water partition coefficient (Wildman–Crippen LogP) is 2.53. The maximum atomic E-state index is 12.1. The molecule has 4 nitrogen and oxygen atoms in total. The number of likely N-dealkylation sites (tertiary alicyclic amines) is 1. The lowest BCUT2D eigenvalue weighted by Crippen LogP contribution is -2.56. The van der Waals surface area contributed by atoms with Crippen LogP contribution in [0.1, 0.15) is 53.4 Å². The van der Waals surface area contributed by atoms with E-state index in [2.05, 4.69) is 12.2 Å². The molecule has 4 heteroatoms. The highest BCUT2D eigenvalue weighted by Crippen LogP contribution is 2.32. The van der Waals surface area contributed by atoms with Gasteiger partial charge in [0.2, 0.25) is 0 Å². The molecule has 0 aliphatic carbocycles. The number of amides is 1. The Balaban J connectivity index is 1.97. The minimum absolute atomic E-state index is 0.147. The lowest BCUT2D eigenvalue weighted by atomic mass is 9.88. The molecule has 2 atom stereocenters. The van der Waals surface area contributed by atoms with Crippen LogP contribution in [-0.2, 0) is 4.74 Å². The van der Waals surface area contributed by atoms with Gasteiger partial charge >= 0.3 is 6.09 Å². The number of nitrogens with zero attached hydrogens (tertiary/aromatic N) is 1. The van der Waals surface area contributed by atoms with Crippen LogP contribution < -0.4 is 5.32 Å². The lowest BCUT2D eigenvalue weighted by molar-refractivity contribution is 0.0121. The largest absolute Gasteiger partial charge is 0.444 e. The zero-order valence-electron chi connectivity index (χ0n) is 12.1. The fourth-order valence-electron chi connectivity index (χ4n) is 3.10. The molecule has 104 valence electrons. The molecule has 1 N–H and O–H groups in total. The average Bonchev–Trinajstić information content (AvgIpc) is 2.57. The smallest absolute Gasteiger partial charge is 0.410 e. The molecular weight excluding hydrogens is 228 g/mol. The number of ether oxygens (including phenoxy) is 1. The van der Waals surface area contributed by atoms with E-state index >= 15 is 0 Å². The van der Waals surface area contributed by atoms with E-state index < -0.39 is 5.60 Å². The third-order valence-electron chi connectivity index (χ3n) is 3.84. The van der Waals surface area contributed by atoms with Crippen LogP contribution in [0.2, 0.25) is 0 Å². The Bertz CT molecular complexity index is 320. The monoisotopic (exact) mass is 254 g/mol. The molecule has 2 aliphatic heterocycles. The fourth-order valence-corrected chi connectivity index (χ4v) is 3.10. The van der Waals surface area contributed by atoms with Gasteiger partial charge in [-0.25, -0.2) is 4.79 Å². The summed E-state index contributed by atoms with van der Waals surface area (Å²) in [5, 5.41) is 3.67. The Morgan fingerprint density at radius 3 is 2.67 bits per heavy atom.